The Morgan fingerprint density at radius 1 is 1.19 bits per heavy atom. The summed E-state index contributed by atoms with van der Waals surface area (Å²) in [6.07, 6.45) is 0. The van der Waals surface area contributed by atoms with Gasteiger partial charge in [-0.1, -0.05) is 45.4 Å². The van der Waals surface area contributed by atoms with Gasteiger partial charge in [0.15, 0.2) is 5.82 Å². The fraction of sp³-hybridized carbons (Fsp3) is 0.438. The average Bonchev–Trinajstić information content (AvgIpc) is 2.65. The van der Waals surface area contributed by atoms with Crippen molar-refractivity contribution in [2.45, 2.75) is 33.6 Å². The van der Waals surface area contributed by atoms with E-state index >= 15 is 0 Å². The molecular weight excluding hydrogens is 289 g/mol. The number of benzene rings is 1. The van der Waals surface area contributed by atoms with Gasteiger partial charge in [0.25, 0.3) is 0 Å². The molecule has 1 heterocycles. The lowest BCUT2D eigenvalue weighted by molar-refractivity contribution is 0.457. The van der Waals surface area contributed by atoms with Crippen LogP contribution in [-0.4, -0.2) is 10.2 Å². The van der Waals surface area contributed by atoms with Crippen LogP contribution in [0.2, 0.25) is 5.02 Å². The van der Waals surface area contributed by atoms with Gasteiger partial charge in [0.05, 0.1) is 10.6 Å². The van der Waals surface area contributed by atoms with Crippen LogP contribution in [0.25, 0.3) is 11.1 Å². The quantitative estimate of drug-likeness (QED) is 0.852. The van der Waals surface area contributed by atoms with Crippen LogP contribution in [0.1, 0.15) is 39.3 Å². The zero-order valence-corrected chi connectivity index (χ0v) is 13.3. The Morgan fingerprint density at radius 2 is 1.81 bits per heavy atom. The summed E-state index contributed by atoms with van der Waals surface area (Å²) in [5.74, 6) is 0.143. The van der Waals surface area contributed by atoms with E-state index in [0.29, 0.717) is 16.1 Å². The summed E-state index contributed by atoms with van der Waals surface area (Å²) in [6.45, 7) is 8.78. The molecule has 21 heavy (non-hydrogen) atoms. The maximum Gasteiger partial charge on any atom is 0.153 e. The van der Waals surface area contributed by atoms with Crippen LogP contribution in [-0.2, 0) is 0 Å². The standard InChI is InChI=1S/C16H19ClFN3/c1-15(2)13(16(15,3)4)12-11(14(19)21-20-12)10-8(17)6-5-7-9(10)18/h5-7,13H,1-4H3,(H3,19,20,21). The number of nitrogens with two attached hydrogens (primary N) is 1. The van der Waals surface area contributed by atoms with Crippen LogP contribution in [0.4, 0.5) is 10.2 Å². The van der Waals surface area contributed by atoms with Gasteiger partial charge in [-0.2, -0.15) is 5.10 Å². The van der Waals surface area contributed by atoms with Crippen molar-refractivity contribution in [1.29, 1.82) is 0 Å². The number of nitrogens with one attached hydrogen (secondary N) is 1. The predicted molar refractivity (Wildman–Crippen MR) is 83.7 cm³/mol. The molecule has 1 fully saturated rings. The number of rotatable bonds is 2. The molecule has 1 aliphatic rings. The second-order valence-electron chi connectivity index (χ2n) is 6.87. The van der Waals surface area contributed by atoms with Crippen molar-refractivity contribution in [2.75, 3.05) is 5.73 Å². The number of nitrogens with zero attached hydrogens (tertiary/aromatic N) is 1. The largest absolute Gasteiger partial charge is 0.382 e. The molecular formula is C16H19ClFN3. The van der Waals surface area contributed by atoms with Crippen LogP contribution >= 0.6 is 11.6 Å². The van der Waals surface area contributed by atoms with Gasteiger partial charge in [0.2, 0.25) is 0 Å². The number of H-pyrrole nitrogens is 1. The van der Waals surface area contributed by atoms with E-state index in [9.17, 15) is 4.39 Å². The van der Waals surface area contributed by atoms with E-state index in [4.69, 9.17) is 17.3 Å². The third-order valence-electron chi connectivity index (χ3n) is 5.34. The van der Waals surface area contributed by atoms with E-state index in [1.807, 2.05) is 0 Å². The second kappa shape index (κ2) is 4.23. The van der Waals surface area contributed by atoms with Crippen LogP contribution < -0.4 is 5.73 Å². The zero-order chi connectivity index (χ0) is 15.6. The lowest BCUT2D eigenvalue weighted by atomic mass is 9.99. The van der Waals surface area contributed by atoms with Crippen LogP contribution in [0.15, 0.2) is 18.2 Å². The fourth-order valence-electron chi connectivity index (χ4n) is 3.50. The molecule has 3 rings (SSSR count). The normalized spacial score (nSPS) is 19.7. The second-order valence-corrected chi connectivity index (χ2v) is 7.28. The van der Waals surface area contributed by atoms with Crippen LogP contribution in [0, 0.1) is 16.6 Å². The summed E-state index contributed by atoms with van der Waals surface area (Å²) >= 11 is 6.19. The maximum absolute atomic E-state index is 14.3. The molecule has 0 radical (unpaired) electrons. The van der Waals surface area contributed by atoms with E-state index in [1.165, 1.54) is 6.07 Å². The highest BCUT2D eigenvalue weighted by Gasteiger charge is 2.66. The first-order valence-corrected chi connectivity index (χ1v) is 7.35. The first kappa shape index (κ1) is 14.4. The van der Waals surface area contributed by atoms with E-state index in [2.05, 4.69) is 37.9 Å². The Kier molecular flexibility index (Phi) is 2.90. The molecule has 2 aromatic rings. The minimum atomic E-state index is -0.381. The Morgan fingerprint density at radius 3 is 2.33 bits per heavy atom. The van der Waals surface area contributed by atoms with E-state index in [-0.39, 0.29) is 28.4 Å². The monoisotopic (exact) mass is 307 g/mol. The number of hydrogen-bond donors (Lipinski definition) is 2. The highest BCUT2D eigenvalue weighted by molar-refractivity contribution is 6.33. The van der Waals surface area contributed by atoms with Gasteiger partial charge < -0.3 is 5.73 Å². The molecule has 1 saturated carbocycles. The van der Waals surface area contributed by atoms with Crippen molar-refractivity contribution < 1.29 is 4.39 Å². The molecule has 1 aromatic carbocycles. The number of nitrogen functional groups attached to an aromatic ring is 1. The van der Waals surface area contributed by atoms with Gasteiger partial charge in [-0.05, 0) is 23.0 Å². The number of aromatic nitrogens is 2. The molecule has 0 amide bonds. The van der Waals surface area contributed by atoms with Crippen molar-refractivity contribution in [2.24, 2.45) is 10.8 Å². The molecule has 1 aromatic heterocycles. The average molecular weight is 308 g/mol. The summed E-state index contributed by atoms with van der Waals surface area (Å²) in [4.78, 5) is 0. The Labute approximate surface area is 128 Å². The van der Waals surface area contributed by atoms with Crippen LogP contribution in [0.5, 0.6) is 0 Å². The third kappa shape index (κ3) is 1.81. The molecule has 1 aliphatic carbocycles. The predicted octanol–water partition coefficient (Wildman–Crippen LogP) is 4.60. The van der Waals surface area contributed by atoms with Gasteiger partial charge in [-0.15, -0.1) is 0 Å². The maximum atomic E-state index is 14.3. The Bertz CT molecular complexity index is 684. The van der Waals surface area contributed by atoms with Crippen LogP contribution in [0.3, 0.4) is 0 Å². The smallest absolute Gasteiger partial charge is 0.153 e. The van der Waals surface area contributed by atoms with Gasteiger partial charge in [0.1, 0.15) is 5.82 Å². The molecule has 0 bridgehead atoms. The fourth-order valence-corrected chi connectivity index (χ4v) is 3.75. The SMILES string of the molecule is CC1(C)C(c2[nH]nc(N)c2-c2c(F)cccc2Cl)C1(C)C. The molecule has 3 N–H and O–H groups in total. The Hall–Kier alpha value is -1.55. The molecule has 0 atom stereocenters. The highest BCUT2D eigenvalue weighted by atomic mass is 35.5. The number of anilines is 1. The molecule has 0 spiro atoms. The van der Waals surface area contributed by atoms with Crippen molar-refractivity contribution in [3.8, 4) is 11.1 Å². The summed E-state index contributed by atoms with van der Waals surface area (Å²) in [5, 5.41) is 7.44. The van der Waals surface area contributed by atoms with E-state index in [0.717, 1.165) is 5.69 Å². The van der Waals surface area contributed by atoms with Gasteiger partial charge >= 0.3 is 0 Å². The lowest BCUT2D eigenvalue weighted by Gasteiger charge is -2.09. The number of aromatic amines is 1. The van der Waals surface area contributed by atoms with Gasteiger partial charge in [-0.3, -0.25) is 5.10 Å². The number of halogens is 2. The Balaban J connectivity index is 2.21. The molecule has 5 heteroatoms. The van der Waals surface area contributed by atoms with Crippen molar-refractivity contribution in [1.82, 2.24) is 10.2 Å². The first-order valence-electron chi connectivity index (χ1n) is 6.97. The molecule has 3 nitrogen and oxygen atoms in total. The van der Waals surface area contributed by atoms with Crippen molar-refractivity contribution >= 4 is 17.4 Å². The molecule has 0 saturated heterocycles. The summed E-state index contributed by atoms with van der Waals surface area (Å²) in [7, 11) is 0. The van der Waals surface area contributed by atoms with E-state index < -0.39 is 0 Å². The minimum Gasteiger partial charge on any atom is -0.382 e. The summed E-state index contributed by atoms with van der Waals surface area (Å²) in [5.41, 5.74) is 7.98. The van der Waals surface area contributed by atoms with Gasteiger partial charge in [-0.25, -0.2) is 4.39 Å². The molecule has 0 aliphatic heterocycles. The third-order valence-corrected chi connectivity index (χ3v) is 5.66. The molecule has 0 unspecified atom stereocenters. The van der Waals surface area contributed by atoms with E-state index in [1.54, 1.807) is 12.1 Å². The highest BCUT2D eigenvalue weighted by Crippen LogP contribution is 2.74. The summed E-state index contributed by atoms with van der Waals surface area (Å²) in [6, 6.07) is 4.64. The van der Waals surface area contributed by atoms with Gasteiger partial charge in [0, 0.05) is 17.2 Å². The van der Waals surface area contributed by atoms with Crippen molar-refractivity contribution in [3.63, 3.8) is 0 Å². The zero-order valence-electron chi connectivity index (χ0n) is 12.6. The lowest BCUT2D eigenvalue weighted by Crippen LogP contribution is -1.96. The summed E-state index contributed by atoms with van der Waals surface area (Å²) < 4.78 is 14.3. The minimum absolute atomic E-state index is 0.0957. The molecule has 112 valence electrons. The van der Waals surface area contributed by atoms with Crippen molar-refractivity contribution in [3.05, 3.63) is 34.7 Å². The topological polar surface area (TPSA) is 54.7 Å². The number of hydrogen-bond acceptors (Lipinski definition) is 2. The first-order chi connectivity index (χ1) is 9.69.